The number of ether oxygens (including phenoxy) is 1. The Labute approximate surface area is 164 Å². The molecule has 1 unspecified atom stereocenters. The fourth-order valence-electron chi connectivity index (χ4n) is 3.44. The Bertz CT molecular complexity index is 953. The van der Waals surface area contributed by atoms with Gasteiger partial charge in [-0.2, -0.15) is 5.10 Å². The lowest BCUT2D eigenvalue weighted by molar-refractivity contribution is 0.0265. The molecule has 1 atom stereocenters. The van der Waals surface area contributed by atoms with Crippen molar-refractivity contribution in [2.45, 2.75) is 25.9 Å². The van der Waals surface area contributed by atoms with Crippen LogP contribution in [-0.4, -0.2) is 56.9 Å². The summed E-state index contributed by atoms with van der Waals surface area (Å²) in [6, 6.07) is 9.50. The number of hydrogen-bond acceptors (Lipinski definition) is 5. The summed E-state index contributed by atoms with van der Waals surface area (Å²) >= 11 is 0. The number of pyridine rings is 2. The zero-order valence-electron chi connectivity index (χ0n) is 16.1. The van der Waals surface area contributed by atoms with Gasteiger partial charge in [0, 0.05) is 32.6 Å². The van der Waals surface area contributed by atoms with Gasteiger partial charge in [0.1, 0.15) is 0 Å². The molecule has 144 valence electrons. The predicted octanol–water partition coefficient (Wildman–Crippen LogP) is 2.89. The van der Waals surface area contributed by atoms with Crippen molar-refractivity contribution in [2.24, 2.45) is 0 Å². The second kappa shape index (κ2) is 7.90. The molecule has 1 saturated heterocycles. The number of piperidine rings is 1. The highest BCUT2D eigenvalue weighted by Crippen LogP contribution is 2.24. The fourth-order valence-corrected chi connectivity index (χ4v) is 3.44. The van der Waals surface area contributed by atoms with E-state index in [9.17, 15) is 4.79 Å². The molecule has 3 aromatic heterocycles. The highest BCUT2D eigenvalue weighted by molar-refractivity contribution is 5.93. The van der Waals surface area contributed by atoms with Crippen molar-refractivity contribution in [1.82, 2.24) is 24.6 Å². The topological polar surface area (TPSA) is 73.1 Å². The summed E-state index contributed by atoms with van der Waals surface area (Å²) in [6.07, 6.45) is 7.23. The van der Waals surface area contributed by atoms with Crippen LogP contribution in [0.3, 0.4) is 0 Å². The van der Waals surface area contributed by atoms with E-state index in [2.05, 4.69) is 15.1 Å². The van der Waals surface area contributed by atoms with Crippen molar-refractivity contribution in [2.75, 3.05) is 20.2 Å². The second-order valence-corrected chi connectivity index (χ2v) is 7.01. The van der Waals surface area contributed by atoms with Crippen LogP contribution in [0.2, 0.25) is 0 Å². The molecule has 7 heteroatoms. The van der Waals surface area contributed by atoms with Gasteiger partial charge in [0.2, 0.25) is 0 Å². The zero-order chi connectivity index (χ0) is 19.5. The van der Waals surface area contributed by atoms with E-state index in [1.54, 1.807) is 24.2 Å². The molecule has 3 aromatic rings. The van der Waals surface area contributed by atoms with E-state index in [1.807, 2.05) is 48.4 Å². The lowest BCUT2D eigenvalue weighted by Crippen LogP contribution is -2.43. The lowest BCUT2D eigenvalue weighted by Gasteiger charge is -2.31. The van der Waals surface area contributed by atoms with Crippen LogP contribution < -0.4 is 0 Å². The minimum absolute atomic E-state index is 0.0799. The zero-order valence-corrected chi connectivity index (χ0v) is 16.1. The van der Waals surface area contributed by atoms with Gasteiger partial charge in [-0.3, -0.25) is 14.8 Å². The van der Waals surface area contributed by atoms with E-state index in [0.717, 1.165) is 42.0 Å². The normalized spacial score (nSPS) is 16.9. The van der Waals surface area contributed by atoms with E-state index < -0.39 is 0 Å². The number of carbonyl (C=O) groups is 1. The van der Waals surface area contributed by atoms with E-state index in [0.29, 0.717) is 12.2 Å². The molecule has 0 aromatic carbocycles. The minimum atomic E-state index is -0.0854. The summed E-state index contributed by atoms with van der Waals surface area (Å²) < 4.78 is 7.18. The molecule has 1 fully saturated rings. The second-order valence-electron chi connectivity index (χ2n) is 7.01. The Morgan fingerprint density at radius 1 is 1.25 bits per heavy atom. The molecule has 28 heavy (non-hydrogen) atoms. The smallest absolute Gasteiger partial charge is 0.274 e. The Morgan fingerprint density at radius 3 is 2.86 bits per heavy atom. The summed E-state index contributed by atoms with van der Waals surface area (Å²) in [5.74, 6) is -0.0854. The van der Waals surface area contributed by atoms with E-state index in [4.69, 9.17) is 4.74 Å². The van der Waals surface area contributed by atoms with Crippen LogP contribution in [0.15, 0.2) is 48.9 Å². The van der Waals surface area contributed by atoms with Crippen LogP contribution in [0.4, 0.5) is 0 Å². The SMILES string of the molecule is COC1CCCN(C(=O)c2cc(-c3ccc(C)cn3)n(-c3cccnc3)n2)C1. The Hall–Kier alpha value is -3.06. The van der Waals surface area contributed by atoms with Gasteiger partial charge in [0.15, 0.2) is 5.69 Å². The molecular weight excluding hydrogens is 354 g/mol. The van der Waals surface area contributed by atoms with Gasteiger partial charge >= 0.3 is 0 Å². The molecule has 0 aliphatic carbocycles. The van der Waals surface area contributed by atoms with Crippen molar-refractivity contribution in [1.29, 1.82) is 0 Å². The van der Waals surface area contributed by atoms with Gasteiger partial charge < -0.3 is 9.64 Å². The van der Waals surface area contributed by atoms with Gasteiger partial charge in [0.05, 0.1) is 29.4 Å². The average Bonchev–Trinajstić information content (AvgIpc) is 3.20. The number of aryl methyl sites for hydroxylation is 1. The van der Waals surface area contributed by atoms with Crippen molar-refractivity contribution in [3.05, 3.63) is 60.2 Å². The van der Waals surface area contributed by atoms with E-state index in [-0.39, 0.29) is 12.0 Å². The largest absolute Gasteiger partial charge is 0.380 e. The molecule has 4 rings (SSSR count). The van der Waals surface area contributed by atoms with Crippen LogP contribution >= 0.6 is 0 Å². The first-order chi connectivity index (χ1) is 13.7. The lowest BCUT2D eigenvalue weighted by atomic mass is 10.1. The highest BCUT2D eigenvalue weighted by Gasteiger charge is 2.27. The van der Waals surface area contributed by atoms with Gasteiger partial charge in [0.25, 0.3) is 5.91 Å². The average molecular weight is 377 g/mol. The Balaban J connectivity index is 1.73. The predicted molar refractivity (Wildman–Crippen MR) is 105 cm³/mol. The summed E-state index contributed by atoms with van der Waals surface area (Å²) in [7, 11) is 1.69. The molecule has 7 nitrogen and oxygen atoms in total. The first-order valence-electron chi connectivity index (χ1n) is 9.41. The fraction of sp³-hybridized carbons (Fsp3) is 0.333. The summed E-state index contributed by atoms with van der Waals surface area (Å²) in [4.78, 5) is 23.6. The van der Waals surface area contributed by atoms with Crippen LogP contribution in [0, 0.1) is 6.92 Å². The molecular formula is C21H23N5O2. The third-order valence-electron chi connectivity index (χ3n) is 4.99. The van der Waals surface area contributed by atoms with Crippen LogP contribution in [0.1, 0.15) is 28.9 Å². The maximum atomic E-state index is 13.1. The first kappa shape index (κ1) is 18.3. The monoisotopic (exact) mass is 377 g/mol. The summed E-state index contributed by atoms with van der Waals surface area (Å²) in [5.41, 5.74) is 3.78. The molecule has 0 saturated carbocycles. The molecule has 4 heterocycles. The quantitative estimate of drug-likeness (QED) is 0.699. The maximum Gasteiger partial charge on any atom is 0.274 e. The molecule has 1 aliphatic rings. The first-order valence-corrected chi connectivity index (χ1v) is 9.41. The van der Waals surface area contributed by atoms with Crippen LogP contribution in [0.5, 0.6) is 0 Å². The summed E-state index contributed by atoms with van der Waals surface area (Å²) in [6.45, 7) is 3.30. The third kappa shape index (κ3) is 3.66. The van der Waals surface area contributed by atoms with Crippen molar-refractivity contribution in [3.8, 4) is 17.1 Å². The number of likely N-dealkylation sites (tertiary alicyclic amines) is 1. The molecule has 0 radical (unpaired) electrons. The van der Waals surface area contributed by atoms with E-state index in [1.165, 1.54) is 0 Å². The van der Waals surface area contributed by atoms with Crippen molar-refractivity contribution in [3.63, 3.8) is 0 Å². The van der Waals surface area contributed by atoms with Gasteiger partial charge in [-0.15, -0.1) is 0 Å². The van der Waals surface area contributed by atoms with Crippen LogP contribution in [-0.2, 0) is 4.74 Å². The molecule has 0 spiro atoms. The molecule has 1 aliphatic heterocycles. The molecule has 0 bridgehead atoms. The third-order valence-corrected chi connectivity index (χ3v) is 4.99. The molecule has 1 amide bonds. The Kier molecular flexibility index (Phi) is 5.16. The number of aromatic nitrogens is 4. The van der Waals surface area contributed by atoms with Crippen LogP contribution in [0.25, 0.3) is 17.1 Å². The number of methoxy groups -OCH3 is 1. The van der Waals surface area contributed by atoms with Crippen molar-refractivity contribution < 1.29 is 9.53 Å². The van der Waals surface area contributed by atoms with Crippen molar-refractivity contribution >= 4 is 5.91 Å². The van der Waals surface area contributed by atoms with Gasteiger partial charge in [-0.25, -0.2) is 4.68 Å². The number of amides is 1. The Morgan fingerprint density at radius 2 is 2.14 bits per heavy atom. The number of rotatable bonds is 4. The number of nitrogens with zero attached hydrogens (tertiary/aromatic N) is 5. The number of carbonyl (C=O) groups excluding carboxylic acids is 1. The summed E-state index contributed by atoms with van der Waals surface area (Å²) in [5, 5.41) is 4.61. The maximum absolute atomic E-state index is 13.1. The number of hydrogen-bond donors (Lipinski definition) is 0. The van der Waals surface area contributed by atoms with Gasteiger partial charge in [-0.1, -0.05) is 6.07 Å². The highest BCUT2D eigenvalue weighted by atomic mass is 16.5. The standard InChI is InChI=1S/C21H23N5O2/c1-15-7-8-18(23-12-15)20-11-19(24-26(20)16-5-3-9-22-13-16)21(27)25-10-4-6-17(14-25)28-2/h3,5,7-9,11-13,17H,4,6,10,14H2,1-2H3. The van der Waals surface area contributed by atoms with E-state index >= 15 is 0 Å². The van der Waals surface area contributed by atoms with Gasteiger partial charge in [-0.05, 0) is 49.6 Å². The molecule has 0 N–H and O–H groups in total. The minimum Gasteiger partial charge on any atom is -0.380 e.